The number of rotatable bonds is 7. The Morgan fingerprint density at radius 3 is 2.40 bits per heavy atom. The van der Waals surface area contributed by atoms with Crippen LogP contribution in [0.15, 0.2) is 41.4 Å². The predicted octanol–water partition coefficient (Wildman–Crippen LogP) is 3.68. The Morgan fingerprint density at radius 2 is 1.80 bits per heavy atom. The highest BCUT2D eigenvalue weighted by Gasteiger charge is 2.24. The van der Waals surface area contributed by atoms with Crippen molar-refractivity contribution < 1.29 is 19.1 Å². The largest absolute Gasteiger partial charge is 0.465 e. The molecule has 0 amide bonds. The molecule has 0 aliphatic heterocycles. The van der Waals surface area contributed by atoms with Crippen molar-refractivity contribution >= 4 is 23.7 Å². The molecule has 0 aliphatic rings. The molecule has 1 atom stereocenters. The molecule has 0 saturated heterocycles. The second-order valence-corrected chi connectivity index (χ2v) is 6.46. The van der Waals surface area contributed by atoms with E-state index in [0.29, 0.717) is 5.82 Å². The second-order valence-electron chi connectivity index (χ2n) is 5.18. The first-order valence-corrected chi connectivity index (χ1v) is 8.73. The van der Waals surface area contributed by atoms with Gasteiger partial charge in [-0.15, -0.1) is 11.8 Å². The number of hydrogen-bond donors (Lipinski definition) is 0. The van der Waals surface area contributed by atoms with Gasteiger partial charge in [0.2, 0.25) is 0 Å². The van der Waals surface area contributed by atoms with Crippen LogP contribution in [0.5, 0.6) is 0 Å². The second kappa shape index (κ2) is 9.17. The highest BCUT2D eigenvalue weighted by atomic mass is 32.2. The molecule has 1 aromatic carbocycles. The van der Waals surface area contributed by atoms with Gasteiger partial charge in [-0.05, 0) is 18.6 Å². The van der Waals surface area contributed by atoms with Gasteiger partial charge in [0.05, 0.1) is 19.5 Å². The number of aromatic nitrogens is 2. The van der Waals surface area contributed by atoms with Gasteiger partial charge >= 0.3 is 11.9 Å². The maximum Gasteiger partial charge on any atom is 0.357 e. The van der Waals surface area contributed by atoms with Gasteiger partial charge in [0.15, 0.2) is 5.69 Å². The van der Waals surface area contributed by atoms with Crippen LogP contribution in [0.2, 0.25) is 0 Å². The maximum atomic E-state index is 12.0. The molecule has 0 spiro atoms. The molecule has 0 fully saturated rings. The Kier molecular flexibility index (Phi) is 6.94. The zero-order valence-electron chi connectivity index (χ0n) is 14.4. The lowest BCUT2D eigenvalue weighted by molar-refractivity contribution is 0.0548. The van der Waals surface area contributed by atoms with Crippen LogP contribution >= 0.6 is 11.8 Å². The first kappa shape index (κ1) is 18.9. The lowest BCUT2D eigenvalue weighted by Crippen LogP contribution is -2.17. The predicted molar refractivity (Wildman–Crippen MR) is 94.7 cm³/mol. The number of benzene rings is 1. The molecule has 132 valence electrons. The topological polar surface area (TPSA) is 78.4 Å². The average Bonchev–Trinajstić information content (AvgIpc) is 2.66. The lowest BCUT2D eigenvalue weighted by Gasteiger charge is -2.16. The van der Waals surface area contributed by atoms with Gasteiger partial charge in [-0.2, -0.15) is 0 Å². The lowest BCUT2D eigenvalue weighted by atomic mass is 10.2. The quantitative estimate of drug-likeness (QED) is 0.550. The van der Waals surface area contributed by atoms with Crippen molar-refractivity contribution in [2.45, 2.75) is 29.9 Å². The van der Waals surface area contributed by atoms with Crippen LogP contribution in [-0.4, -0.2) is 36.1 Å². The minimum atomic E-state index is -0.691. The number of hydrogen-bond acceptors (Lipinski definition) is 7. The summed E-state index contributed by atoms with van der Waals surface area (Å²) >= 11 is 1.62. The van der Waals surface area contributed by atoms with Gasteiger partial charge in [-0.3, -0.25) is 0 Å². The van der Waals surface area contributed by atoms with E-state index in [-0.39, 0.29) is 16.5 Å². The third kappa shape index (κ3) is 4.79. The fourth-order valence-electron chi connectivity index (χ4n) is 2.23. The summed E-state index contributed by atoms with van der Waals surface area (Å²) in [6, 6.07) is 9.91. The SMILES string of the molecule is CCCC(Sc1ccccc1)c1ncc(C(=O)OC)c(C(=O)OC)n1. The summed E-state index contributed by atoms with van der Waals surface area (Å²) < 4.78 is 9.42. The Morgan fingerprint density at radius 1 is 1.12 bits per heavy atom. The van der Waals surface area contributed by atoms with Crippen LogP contribution in [-0.2, 0) is 9.47 Å². The normalized spacial score (nSPS) is 11.6. The van der Waals surface area contributed by atoms with Gasteiger partial charge in [-0.1, -0.05) is 31.5 Å². The Bertz CT molecular complexity index is 737. The smallest absolute Gasteiger partial charge is 0.357 e. The average molecular weight is 360 g/mol. The summed E-state index contributed by atoms with van der Waals surface area (Å²) in [6.07, 6.45) is 3.09. The third-order valence-corrected chi connectivity index (χ3v) is 4.73. The van der Waals surface area contributed by atoms with Crippen LogP contribution in [0.3, 0.4) is 0 Å². The first-order chi connectivity index (χ1) is 12.1. The first-order valence-electron chi connectivity index (χ1n) is 7.86. The molecule has 7 heteroatoms. The van der Waals surface area contributed by atoms with E-state index < -0.39 is 11.9 Å². The summed E-state index contributed by atoms with van der Waals surface area (Å²) in [5.74, 6) is -0.873. The molecule has 6 nitrogen and oxygen atoms in total. The number of carbonyl (C=O) groups is 2. The maximum absolute atomic E-state index is 12.0. The van der Waals surface area contributed by atoms with Gasteiger partial charge in [0, 0.05) is 11.1 Å². The van der Waals surface area contributed by atoms with Crippen LogP contribution in [0, 0.1) is 0 Å². The zero-order chi connectivity index (χ0) is 18.2. The van der Waals surface area contributed by atoms with Crippen molar-refractivity contribution in [2.24, 2.45) is 0 Å². The van der Waals surface area contributed by atoms with Gasteiger partial charge in [0.25, 0.3) is 0 Å². The van der Waals surface area contributed by atoms with Crippen molar-refractivity contribution in [3.63, 3.8) is 0 Å². The van der Waals surface area contributed by atoms with E-state index in [1.54, 1.807) is 11.8 Å². The van der Waals surface area contributed by atoms with Crippen molar-refractivity contribution in [1.29, 1.82) is 0 Å². The molecule has 0 bridgehead atoms. The van der Waals surface area contributed by atoms with Crippen LogP contribution in [0.4, 0.5) is 0 Å². The standard InChI is InChI=1S/C18H20N2O4S/c1-4-8-14(25-12-9-6-5-7-10-12)16-19-11-13(17(21)23-2)15(20-16)18(22)24-3/h5-7,9-11,14H,4,8H2,1-3H3. The fourth-order valence-corrected chi connectivity index (χ4v) is 3.44. The molecule has 25 heavy (non-hydrogen) atoms. The monoisotopic (exact) mass is 360 g/mol. The molecular weight excluding hydrogens is 340 g/mol. The molecule has 1 heterocycles. The molecule has 0 aliphatic carbocycles. The molecule has 0 radical (unpaired) electrons. The number of ether oxygens (including phenoxy) is 2. The minimum absolute atomic E-state index is 0.00180. The fraction of sp³-hybridized carbons (Fsp3) is 0.333. The van der Waals surface area contributed by atoms with E-state index in [1.165, 1.54) is 20.4 Å². The molecule has 0 N–H and O–H groups in total. The van der Waals surface area contributed by atoms with Crippen molar-refractivity contribution in [1.82, 2.24) is 9.97 Å². The summed E-state index contributed by atoms with van der Waals surface area (Å²) in [6.45, 7) is 2.07. The minimum Gasteiger partial charge on any atom is -0.465 e. The van der Waals surface area contributed by atoms with E-state index >= 15 is 0 Å². The molecule has 2 rings (SSSR count). The Labute approximate surface area is 151 Å². The highest BCUT2D eigenvalue weighted by Crippen LogP contribution is 2.37. The molecule has 1 aromatic heterocycles. The number of thioether (sulfide) groups is 1. The van der Waals surface area contributed by atoms with E-state index in [2.05, 4.69) is 21.6 Å². The molecule has 2 aromatic rings. The number of carbonyl (C=O) groups excluding carboxylic acids is 2. The van der Waals surface area contributed by atoms with Crippen molar-refractivity contribution in [3.8, 4) is 0 Å². The van der Waals surface area contributed by atoms with E-state index in [0.717, 1.165) is 17.7 Å². The third-order valence-electron chi connectivity index (χ3n) is 3.45. The summed E-state index contributed by atoms with van der Waals surface area (Å²) in [5, 5.41) is -0.0393. The van der Waals surface area contributed by atoms with Gasteiger partial charge < -0.3 is 9.47 Å². The number of esters is 2. The highest BCUT2D eigenvalue weighted by molar-refractivity contribution is 7.99. The summed E-state index contributed by atoms with van der Waals surface area (Å²) in [4.78, 5) is 33.6. The van der Waals surface area contributed by atoms with E-state index in [9.17, 15) is 9.59 Å². The molecular formula is C18H20N2O4S. The summed E-state index contributed by atoms with van der Waals surface area (Å²) in [5.41, 5.74) is -0.0767. The van der Waals surface area contributed by atoms with Gasteiger partial charge in [0.1, 0.15) is 11.4 Å². The Balaban J connectivity index is 2.40. The van der Waals surface area contributed by atoms with Crippen molar-refractivity contribution in [2.75, 3.05) is 14.2 Å². The van der Waals surface area contributed by atoms with Crippen LogP contribution in [0.25, 0.3) is 0 Å². The molecule has 1 unspecified atom stereocenters. The van der Waals surface area contributed by atoms with E-state index in [4.69, 9.17) is 4.74 Å². The molecule has 0 saturated carbocycles. The van der Waals surface area contributed by atoms with Gasteiger partial charge in [-0.25, -0.2) is 19.6 Å². The van der Waals surface area contributed by atoms with Crippen molar-refractivity contribution in [3.05, 3.63) is 53.6 Å². The number of methoxy groups -OCH3 is 2. The Hall–Kier alpha value is -2.41. The number of nitrogens with zero attached hydrogens (tertiary/aromatic N) is 2. The van der Waals surface area contributed by atoms with Crippen LogP contribution in [0.1, 0.15) is 51.7 Å². The summed E-state index contributed by atoms with van der Waals surface area (Å²) in [7, 11) is 2.48. The van der Waals surface area contributed by atoms with Crippen LogP contribution < -0.4 is 0 Å². The zero-order valence-corrected chi connectivity index (χ0v) is 15.2. The van der Waals surface area contributed by atoms with E-state index in [1.807, 2.05) is 30.3 Å².